The molecular weight excluding hydrogens is 246 g/mol. The van der Waals surface area contributed by atoms with Gasteiger partial charge in [-0.25, -0.2) is 0 Å². The van der Waals surface area contributed by atoms with Crippen molar-refractivity contribution in [2.24, 2.45) is 0 Å². The Kier molecular flexibility index (Phi) is 5.13. The Balaban J connectivity index is 1.76. The lowest BCUT2D eigenvalue weighted by Crippen LogP contribution is -2.20. The number of nitrogens with zero attached hydrogens (tertiary/aromatic N) is 2. The van der Waals surface area contributed by atoms with E-state index in [1.807, 2.05) is 25.1 Å². The third kappa shape index (κ3) is 4.67. The van der Waals surface area contributed by atoms with E-state index in [4.69, 9.17) is 5.73 Å². The normalized spacial score (nSPS) is 10.9. The second-order valence-corrected chi connectivity index (χ2v) is 5.36. The van der Waals surface area contributed by atoms with Crippen molar-refractivity contribution in [2.45, 2.75) is 26.3 Å². The van der Waals surface area contributed by atoms with E-state index >= 15 is 0 Å². The SMILES string of the molecule is Cc1cccc(CN(C)CCCc2cccc(N)c2)n1. The molecule has 3 nitrogen and oxygen atoms in total. The molecule has 1 heterocycles. The first kappa shape index (κ1) is 14.5. The Morgan fingerprint density at radius 1 is 1.15 bits per heavy atom. The summed E-state index contributed by atoms with van der Waals surface area (Å²) >= 11 is 0. The van der Waals surface area contributed by atoms with E-state index in [1.54, 1.807) is 0 Å². The molecule has 2 aromatic rings. The largest absolute Gasteiger partial charge is 0.399 e. The van der Waals surface area contributed by atoms with Crippen molar-refractivity contribution in [3.8, 4) is 0 Å². The fourth-order valence-electron chi connectivity index (χ4n) is 2.34. The van der Waals surface area contributed by atoms with Gasteiger partial charge in [0.05, 0.1) is 5.69 Å². The molecule has 0 aliphatic heterocycles. The Morgan fingerprint density at radius 2 is 1.95 bits per heavy atom. The number of nitrogen functional groups attached to an aromatic ring is 1. The summed E-state index contributed by atoms with van der Waals surface area (Å²) in [4.78, 5) is 6.85. The van der Waals surface area contributed by atoms with Gasteiger partial charge >= 0.3 is 0 Å². The molecule has 0 unspecified atom stereocenters. The van der Waals surface area contributed by atoms with E-state index in [-0.39, 0.29) is 0 Å². The van der Waals surface area contributed by atoms with Crippen LogP contribution in [-0.4, -0.2) is 23.5 Å². The van der Waals surface area contributed by atoms with Gasteiger partial charge in [-0.05, 0) is 63.2 Å². The Hall–Kier alpha value is -1.87. The Labute approximate surface area is 121 Å². The highest BCUT2D eigenvalue weighted by Crippen LogP contribution is 2.09. The van der Waals surface area contributed by atoms with E-state index in [1.165, 1.54) is 5.56 Å². The molecule has 0 saturated carbocycles. The van der Waals surface area contributed by atoms with Crippen molar-refractivity contribution >= 4 is 5.69 Å². The van der Waals surface area contributed by atoms with Crippen molar-refractivity contribution in [2.75, 3.05) is 19.3 Å². The third-order valence-corrected chi connectivity index (χ3v) is 3.33. The minimum atomic E-state index is 0.847. The van der Waals surface area contributed by atoms with Gasteiger partial charge in [0.1, 0.15) is 0 Å². The number of pyridine rings is 1. The third-order valence-electron chi connectivity index (χ3n) is 3.33. The molecule has 2 rings (SSSR count). The summed E-state index contributed by atoms with van der Waals surface area (Å²) in [5, 5.41) is 0. The lowest BCUT2D eigenvalue weighted by Gasteiger charge is -2.16. The molecule has 0 amide bonds. The number of anilines is 1. The van der Waals surface area contributed by atoms with E-state index in [2.05, 4.69) is 41.2 Å². The predicted molar refractivity (Wildman–Crippen MR) is 84.5 cm³/mol. The van der Waals surface area contributed by atoms with Gasteiger partial charge < -0.3 is 10.6 Å². The zero-order chi connectivity index (χ0) is 14.4. The topological polar surface area (TPSA) is 42.1 Å². The van der Waals surface area contributed by atoms with Crippen molar-refractivity contribution in [1.29, 1.82) is 0 Å². The minimum absolute atomic E-state index is 0.847. The maximum atomic E-state index is 5.79. The van der Waals surface area contributed by atoms with Crippen molar-refractivity contribution in [1.82, 2.24) is 9.88 Å². The maximum Gasteiger partial charge on any atom is 0.0547 e. The summed E-state index contributed by atoms with van der Waals surface area (Å²) in [6, 6.07) is 14.3. The zero-order valence-corrected chi connectivity index (χ0v) is 12.3. The molecule has 0 bridgehead atoms. The maximum absolute atomic E-state index is 5.79. The van der Waals surface area contributed by atoms with Crippen molar-refractivity contribution < 1.29 is 0 Å². The first-order chi connectivity index (χ1) is 9.63. The van der Waals surface area contributed by atoms with E-state index in [0.717, 1.165) is 43.0 Å². The number of aryl methyl sites for hydroxylation is 2. The number of hydrogen-bond donors (Lipinski definition) is 1. The molecule has 0 spiro atoms. The standard InChI is InChI=1S/C17H23N3/c1-14-6-3-10-17(19-14)13-20(2)11-5-8-15-7-4-9-16(18)12-15/h3-4,6-7,9-10,12H,5,8,11,13,18H2,1-2H3. The van der Waals surface area contributed by atoms with Crippen LogP contribution in [0.4, 0.5) is 5.69 Å². The van der Waals surface area contributed by atoms with Crippen molar-refractivity contribution in [3.63, 3.8) is 0 Å². The number of aromatic nitrogens is 1. The highest BCUT2D eigenvalue weighted by Gasteiger charge is 2.02. The van der Waals surface area contributed by atoms with Gasteiger partial charge in [-0.3, -0.25) is 4.98 Å². The quantitative estimate of drug-likeness (QED) is 0.820. The molecule has 0 fully saturated rings. The second-order valence-electron chi connectivity index (χ2n) is 5.36. The summed E-state index contributed by atoms with van der Waals surface area (Å²) < 4.78 is 0. The molecule has 1 aromatic carbocycles. The average Bonchev–Trinajstić information content (AvgIpc) is 2.38. The molecule has 3 heteroatoms. The smallest absolute Gasteiger partial charge is 0.0547 e. The fourth-order valence-corrected chi connectivity index (χ4v) is 2.34. The van der Waals surface area contributed by atoms with Gasteiger partial charge in [0.2, 0.25) is 0 Å². The summed E-state index contributed by atoms with van der Waals surface area (Å²) in [5.41, 5.74) is 10.2. The second kappa shape index (κ2) is 7.06. The Morgan fingerprint density at radius 3 is 2.70 bits per heavy atom. The van der Waals surface area contributed by atoms with Crippen LogP contribution in [0.1, 0.15) is 23.4 Å². The molecule has 1 aromatic heterocycles. The van der Waals surface area contributed by atoms with Crippen LogP contribution >= 0.6 is 0 Å². The monoisotopic (exact) mass is 269 g/mol. The van der Waals surface area contributed by atoms with Crippen LogP contribution in [0.5, 0.6) is 0 Å². The lowest BCUT2D eigenvalue weighted by atomic mass is 10.1. The molecule has 20 heavy (non-hydrogen) atoms. The fraction of sp³-hybridized carbons (Fsp3) is 0.353. The summed E-state index contributed by atoms with van der Waals surface area (Å²) in [6.45, 7) is 3.99. The summed E-state index contributed by atoms with van der Waals surface area (Å²) in [6.07, 6.45) is 2.20. The predicted octanol–water partition coefficient (Wildman–Crippen LogP) is 3.04. The summed E-state index contributed by atoms with van der Waals surface area (Å²) in [5.74, 6) is 0. The summed E-state index contributed by atoms with van der Waals surface area (Å²) in [7, 11) is 2.14. The molecule has 106 valence electrons. The highest BCUT2D eigenvalue weighted by molar-refractivity contribution is 5.40. The molecule has 0 atom stereocenters. The molecule has 0 saturated heterocycles. The zero-order valence-electron chi connectivity index (χ0n) is 12.3. The van der Waals surface area contributed by atoms with Gasteiger partial charge in [-0.2, -0.15) is 0 Å². The molecule has 2 N–H and O–H groups in total. The van der Waals surface area contributed by atoms with Gasteiger partial charge in [0.15, 0.2) is 0 Å². The number of hydrogen-bond acceptors (Lipinski definition) is 3. The van der Waals surface area contributed by atoms with Crippen LogP contribution in [0.25, 0.3) is 0 Å². The van der Waals surface area contributed by atoms with Gasteiger partial charge in [-0.1, -0.05) is 18.2 Å². The van der Waals surface area contributed by atoms with Gasteiger partial charge in [0.25, 0.3) is 0 Å². The number of rotatable bonds is 6. The highest BCUT2D eigenvalue weighted by atomic mass is 15.1. The molecule has 0 radical (unpaired) electrons. The first-order valence-corrected chi connectivity index (χ1v) is 7.09. The van der Waals surface area contributed by atoms with Gasteiger partial charge in [0, 0.05) is 17.9 Å². The average molecular weight is 269 g/mol. The molecule has 0 aliphatic rings. The van der Waals surface area contributed by atoms with Crippen LogP contribution in [0.2, 0.25) is 0 Å². The van der Waals surface area contributed by atoms with Crippen molar-refractivity contribution in [3.05, 3.63) is 59.4 Å². The minimum Gasteiger partial charge on any atom is -0.399 e. The van der Waals surface area contributed by atoms with Crippen LogP contribution in [0, 0.1) is 6.92 Å². The molecular formula is C17H23N3. The Bertz CT molecular complexity index is 551. The number of benzene rings is 1. The van der Waals surface area contributed by atoms with E-state index in [0.29, 0.717) is 0 Å². The van der Waals surface area contributed by atoms with Crippen LogP contribution in [0.3, 0.4) is 0 Å². The molecule has 0 aliphatic carbocycles. The van der Waals surface area contributed by atoms with Crippen LogP contribution in [0.15, 0.2) is 42.5 Å². The van der Waals surface area contributed by atoms with Crippen LogP contribution in [-0.2, 0) is 13.0 Å². The van der Waals surface area contributed by atoms with E-state index in [9.17, 15) is 0 Å². The number of nitrogens with two attached hydrogens (primary N) is 1. The lowest BCUT2D eigenvalue weighted by molar-refractivity contribution is 0.318. The first-order valence-electron chi connectivity index (χ1n) is 7.09. The van der Waals surface area contributed by atoms with Crippen LogP contribution < -0.4 is 5.73 Å². The van der Waals surface area contributed by atoms with E-state index < -0.39 is 0 Å². The van der Waals surface area contributed by atoms with Gasteiger partial charge in [-0.15, -0.1) is 0 Å².